The van der Waals surface area contributed by atoms with Crippen LogP contribution in [0.1, 0.15) is 26.1 Å². The Bertz CT molecular complexity index is 541. The van der Waals surface area contributed by atoms with E-state index in [0.29, 0.717) is 6.54 Å². The third-order valence-electron chi connectivity index (χ3n) is 3.61. The van der Waals surface area contributed by atoms with E-state index in [1.165, 1.54) is 0 Å². The highest BCUT2D eigenvalue weighted by molar-refractivity contribution is 6.31. The molecule has 0 saturated heterocycles. The Labute approximate surface area is 107 Å². The van der Waals surface area contributed by atoms with E-state index in [1.807, 2.05) is 25.2 Å². The Morgan fingerprint density at radius 2 is 2.18 bits per heavy atom. The SMILES string of the molecule is CCC(C)(CN)c1nc2ccc(Cl)cc2n1C. The first kappa shape index (κ1) is 12.4. The second-order valence-electron chi connectivity index (χ2n) is 4.75. The minimum Gasteiger partial charge on any atom is -0.331 e. The summed E-state index contributed by atoms with van der Waals surface area (Å²) in [7, 11) is 2.02. The van der Waals surface area contributed by atoms with Gasteiger partial charge in [0.15, 0.2) is 0 Å². The van der Waals surface area contributed by atoms with Crippen molar-refractivity contribution in [3.8, 4) is 0 Å². The highest BCUT2D eigenvalue weighted by atomic mass is 35.5. The molecule has 0 saturated carbocycles. The molecule has 3 nitrogen and oxygen atoms in total. The summed E-state index contributed by atoms with van der Waals surface area (Å²) in [5.74, 6) is 1.03. The third-order valence-corrected chi connectivity index (χ3v) is 3.85. The number of benzene rings is 1. The molecule has 0 aliphatic rings. The van der Waals surface area contributed by atoms with E-state index in [-0.39, 0.29) is 5.41 Å². The van der Waals surface area contributed by atoms with Gasteiger partial charge in [-0.2, -0.15) is 0 Å². The molecule has 0 bridgehead atoms. The van der Waals surface area contributed by atoms with Crippen molar-refractivity contribution in [2.75, 3.05) is 6.54 Å². The van der Waals surface area contributed by atoms with Crippen LogP contribution in [0, 0.1) is 0 Å². The molecule has 0 aliphatic carbocycles. The molecule has 2 rings (SSSR count). The Hall–Kier alpha value is -1.06. The fraction of sp³-hybridized carbons (Fsp3) is 0.462. The van der Waals surface area contributed by atoms with Crippen LogP contribution in [0.5, 0.6) is 0 Å². The van der Waals surface area contributed by atoms with Gasteiger partial charge in [-0.1, -0.05) is 25.4 Å². The van der Waals surface area contributed by atoms with Crippen molar-refractivity contribution in [3.63, 3.8) is 0 Å². The summed E-state index contributed by atoms with van der Waals surface area (Å²) in [5.41, 5.74) is 7.84. The lowest BCUT2D eigenvalue weighted by Gasteiger charge is -2.25. The summed E-state index contributed by atoms with van der Waals surface area (Å²) in [6.45, 7) is 4.88. The van der Waals surface area contributed by atoms with Crippen LogP contribution in [0.25, 0.3) is 11.0 Å². The van der Waals surface area contributed by atoms with Crippen molar-refractivity contribution >= 4 is 22.6 Å². The first-order valence-electron chi connectivity index (χ1n) is 5.84. The van der Waals surface area contributed by atoms with Gasteiger partial charge in [0, 0.05) is 24.0 Å². The summed E-state index contributed by atoms with van der Waals surface area (Å²) < 4.78 is 2.09. The van der Waals surface area contributed by atoms with E-state index in [1.54, 1.807) is 0 Å². The van der Waals surface area contributed by atoms with Crippen molar-refractivity contribution < 1.29 is 0 Å². The normalized spacial score (nSPS) is 15.1. The van der Waals surface area contributed by atoms with Gasteiger partial charge in [-0.05, 0) is 24.6 Å². The Morgan fingerprint density at radius 3 is 2.76 bits per heavy atom. The van der Waals surface area contributed by atoms with Crippen molar-refractivity contribution in [3.05, 3.63) is 29.0 Å². The summed E-state index contributed by atoms with van der Waals surface area (Å²) in [6.07, 6.45) is 0.967. The lowest BCUT2D eigenvalue weighted by Crippen LogP contribution is -2.33. The van der Waals surface area contributed by atoms with Crippen LogP contribution in [0.4, 0.5) is 0 Å². The molecule has 0 amide bonds. The first-order chi connectivity index (χ1) is 8.01. The van der Waals surface area contributed by atoms with Crippen molar-refractivity contribution in [1.82, 2.24) is 9.55 Å². The summed E-state index contributed by atoms with van der Waals surface area (Å²) in [5, 5.41) is 0.734. The predicted molar refractivity (Wildman–Crippen MR) is 72.4 cm³/mol. The van der Waals surface area contributed by atoms with Crippen LogP contribution in [-0.2, 0) is 12.5 Å². The second-order valence-corrected chi connectivity index (χ2v) is 5.18. The second kappa shape index (κ2) is 4.31. The zero-order chi connectivity index (χ0) is 12.6. The maximum Gasteiger partial charge on any atom is 0.116 e. The smallest absolute Gasteiger partial charge is 0.116 e. The quantitative estimate of drug-likeness (QED) is 0.912. The average molecular weight is 252 g/mol. The van der Waals surface area contributed by atoms with Gasteiger partial charge >= 0.3 is 0 Å². The lowest BCUT2D eigenvalue weighted by atomic mass is 9.87. The maximum absolute atomic E-state index is 6.02. The van der Waals surface area contributed by atoms with Crippen molar-refractivity contribution in [1.29, 1.82) is 0 Å². The average Bonchev–Trinajstić information content (AvgIpc) is 2.66. The predicted octanol–water partition coefficient (Wildman–Crippen LogP) is 2.85. The van der Waals surface area contributed by atoms with Crippen LogP contribution in [0.2, 0.25) is 5.02 Å². The molecule has 0 fully saturated rings. The molecule has 0 spiro atoms. The molecule has 2 N–H and O–H groups in total. The van der Waals surface area contributed by atoms with Crippen LogP contribution in [-0.4, -0.2) is 16.1 Å². The maximum atomic E-state index is 6.02. The molecule has 2 aromatic rings. The van der Waals surface area contributed by atoms with Crippen LogP contribution in [0.15, 0.2) is 18.2 Å². The van der Waals surface area contributed by atoms with Gasteiger partial charge in [0.05, 0.1) is 11.0 Å². The van der Waals surface area contributed by atoms with Gasteiger partial charge in [0.25, 0.3) is 0 Å². The number of hydrogen-bond acceptors (Lipinski definition) is 2. The fourth-order valence-corrected chi connectivity index (χ4v) is 2.26. The molecule has 0 radical (unpaired) electrons. The largest absolute Gasteiger partial charge is 0.331 e. The number of nitrogens with two attached hydrogens (primary N) is 1. The minimum absolute atomic E-state index is 0.0831. The summed E-state index contributed by atoms with van der Waals surface area (Å²) in [4.78, 5) is 4.69. The van der Waals surface area contributed by atoms with Crippen molar-refractivity contribution in [2.24, 2.45) is 12.8 Å². The third kappa shape index (κ3) is 1.94. The first-order valence-corrected chi connectivity index (χ1v) is 6.22. The van der Waals surface area contributed by atoms with Gasteiger partial charge in [-0.25, -0.2) is 4.98 Å². The van der Waals surface area contributed by atoms with E-state index in [4.69, 9.17) is 22.3 Å². The highest BCUT2D eigenvalue weighted by Gasteiger charge is 2.28. The van der Waals surface area contributed by atoms with E-state index in [2.05, 4.69) is 18.4 Å². The number of aryl methyl sites for hydroxylation is 1. The number of halogens is 1. The van der Waals surface area contributed by atoms with Gasteiger partial charge in [-0.3, -0.25) is 0 Å². The Balaban J connectivity index is 2.67. The molecule has 1 aromatic carbocycles. The minimum atomic E-state index is -0.0831. The number of aromatic nitrogens is 2. The topological polar surface area (TPSA) is 43.8 Å². The molecule has 1 aromatic heterocycles. The number of imidazole rings is 1. The van der Waals surface area contributed by atoms with Crippen molar-refractivity contribution in [2.45, 2.75) is 25.7 Å². The molecule has 0 aliphatic heterocycles. The van der Waals surface area contributed by atoms with Gasteiger partial charge in [-0.15, -0.1) is 0 Å². The van der Waals surface area contributed by atoms with E-state index in [0.717, 1.165) is 28.3 Å². The highest BCUT2D eigenvalue weighted by Crippen LogP contribution is 2.29. The van der Waals surface area contributed by atoms with E-state index < -0.39 is 0 Å². The standard InChI is InChI=1S/C13H18ClN3/c1-4-13(2,8-15)12-16-10-6-5-9(14)7-11(10)17(12)3/h5-7H,4,8,15H2,1-3H3. The number of fused-ring (bicyclic) bond motifs is 1. The molecular weight excluding hydrogens is 234 g/mol. The Kier molecular flexibility index (Phi) is 3.15. The molecule has 1 unspecified atom stereocenters. The van der Waals surface area contributed by atoms with Gasteiger partial charge in [0.1, 0.15) is 5.82 Å². The summed E-state index contributed by atoms with van der Waals surface area (Å²) in [6, 6.07) is 5.76. The zero-order valence-electron chi connectivity index (χ0n) is 10.5. The number of rotatable bonds is 3. The van der Waals surface area contributed by atoms with Gasteiger partial charge < -0.3 is 10.3 Å². The van der Waals surface area contributed by atoms with Crippen LogP contribution in [0.3, 0.4) is 0 Å². The monoisotopic (exact) mass is 251 g/mol. The molecular formula is C13H18ClN3. The van der Waals surface area contributed by atoms with Crippen LogP contribution < -0.4 is 5.73 Å². The van der Waals surface area contributed by atoms with E-state index in [9.17, 15) is 0 Å². The molecule has 4 heteroatoms. The Morgan fingerprint density at radius 1 is 1.47 bits per heavy atom. The number of nitrogens with zero attached hydrogens (tertiary/aromatic N) is 2. The van der Waals surface area contributed by atoms with E-state index >= 15 is 0 Å². The van der Waals surface area contributed by atoms with Gasteiger partial charge in [0.2, 0.25) is 0 Å². The lowest BCUT2D eigenvalue weighted by molar-refractivity contribution is 0.427. The molecule has 1 heterocycles. The molecule has 17 heavy (non-hydrogen) atoms. The fourth-order valence-electron chi connectivity index (χ4n) is 2.10. The van der Waals surface area contributed by atoms with Crippen LogP contribution >= 0.6 is 11.6 Å². The zero-order valence-corrected chi connectivity index (χ0v) is 11.3. The number of hydrogen-bond donors (Lipinski definition) is 1. The molecule has 92 valence electrons. The molecule has 1 atom stereocenters. The summed E-state index contributed by atoms with van der Waals surface area (Å²) >= 11 is 6.02.